The molecule has 0 spiro atoms. The number of hydrogen-bond acceptors (Lipinski definition) is 4. The van der Waals surface area contributed by atoms with Gasteiger partial charge in [-0.1, -0.05) is 6.08 Å². The van der Waals surface area contributed by atoms with Crippen molar-refractivity contribution in [3.8, 4) is 5.75 Å². The lowest BCUT2D eigenvalue weighted by Gasteiger charge is -2.16. The first-order chi connectivity index (χ1) is 10.1. The monoisotopic (exact) mass is 299 g/mol. The van der Waals surface area contributed by atoms with Gasteiger partial charge in [0.2, 0.25) is 0 Å². The second-order valence-corrected chi connectivity index (χ2v) is 4.88. The third-order valence-electron chi connectivity index (χ3n) is 3.05. The molecule has 116 valence electrons. The number of benzene rings is 1. The summed E-state index contributed by atoms with van der Waals surface area (Å²) < 4.78 is 36.2. The standard InChI is InChI=1S/C15H19F2NO3/c16-14-4-3-13(6-15(14)17)21-10-12(19)8-18-7-11-2-1-5-20-9-11/h2-4,6,12,18-19H,1,5,7-10H2. The quantitative estimate of drug-likeness (QED) is 0.752. The Morgan fingerprint density at radius 3 is 2.90 bits per heavy atom. The number of ether oxygens (including phenoxy) is 2. The van der Waals surface area contributed by atoms with Crippen LogP contribution in [0, 0.1) is 11.6 Å². The third-order valence-corrected chi connectivity index (χ3v) is 3.05. The molecule has 1 aromatic rings. The van der Waals surface area contributed by atoms with E-state index in [1.165, 1.54) is 6.07 Å². The highest BCUT2D eigenvalue weighted by atomic mass is 19.2. The van der Waals surface area contributed by atoms with Gasteiger partial charge in [-0.3, -0.25) is 0 Å². The van der Waals surface area contributed by atoms with Crippen LogP contribution in [-0.4, -0.2) is 44.1 Å². The molecule has 1 aliphatic rings. The van der Waals surface area contributed by atoms with Gasteiger partial charge in [-0.15, -0.1) is 0 Å². The van der Waals surface area contributed by atoms with Gasteiger partial charge in [-0.2, -0.15) is 0 Å². The number of halogens is 2. The summed E-state index contributed by atoms with van der Waals surface area (Å²) in [6, 6.07) is 3.27. The molecule has 2 N–H and O–H groups in total. The minimum Gasteiger partial charge on any atom is -0.491 e. The van der Waals surface area contributed by atoms with Crippen molar-refractivity contribution in [2.24, 2.45) is 0 Å². The number of hydrogen-bond donors (Lipinski definition) is 2. The Morgan fingerprint density at radius 2 is 2.19 bits per heavy atom. The summed E-state index contributed by atoms with van der Waals surface area (Å²) >= 11 is 0. The van der Waals surface area contributed by atoms with Crippen molar-refractivity contribution in [2.45, 2.75) is 12.5 Å². The largest absolute Gasteiger partial charge is 0.491 e. The van der Waals surface area contributed by atoms with Gasteiger partial charge < -0.3 is 19.9 Å². The highest BCUT2D eigenvalue weighted by molar-refractivity contribution is 5.23. The Morgan fingerprint density at radius 1 is 1.33 bits per heavy atom. The Balaban J connectivity index is 1.66. The van der Waals surface area contributed by atoms with Crippen LogP contribution < -0.4 is 10.1 Å². The molecule has 21 heavy (non-hydrogen) atoms. The van der Waals surface area contributed by atoms with E-state index in [4.69, 9.17) is 9.47 Å². The van der Waals surface area contributed by atoms with Gasteiger partial charge in [-0.05, 0) is 24.1 Å². The predicted molar refractivity (Wildman–Crippen MR) is 74.2 cm³/mol. The van der Waals surface area contributed by atoms with Crippen LogP contribution in [0.25, 0.3) is 0 Å². The van der Waals surface area contributed by atoms with Gasteiger partial charge in [0.15, 0.2) is 11.6 Å². The van der Waals surface area contributed by atoms with Crippen molar-refractivity contribution in [3.05, 3.63) is 41.5 Å². The summed E-state index contributed by atoms with van der Waals surface area (Å²) in [5, 5.41) is 12.9. The molecule has 0 aliphatic carbocycles. The lowest BCUT2D eigenvalue weighted by molar-refractivity contribution is 0.106. The zero-order valence-corrected chi connectivity index (χ0v) is 11.6. The van der Waals surface area contributed by atoms with E-state index in [1.807, 2.05) is 0 Å². The second kappa shape index (κ2) is 8.07. The Bertz CT molecular complexity index is 494. The van der Waals surface area contributed by atoms with Gasteiger partial charge in [0.05, 0.1) is 13.2 Å². The number of aliphatic hydroxyl groups excluding tert-OH is 1. The van der Waals surface area contributed by atoms with Crippen LogP contribution >= 0.6 is 0 Å². The summed E-state index contributed by atoms with van der Waals surface area (Å²) in [5.41, 5.74) is 1.16. The molecule has 0 amide bonds. The van der Waals surface area contributed by atoms with E-state index in [1.54, 1.807) is 0 Å². The molecule has 0 radical (unpaired) electrons. The topological polar surface area (TPSA) is 50.7 Å². The smallest absolute Gasteiger partial charge is 0.162 e. The highest BCUT2D eigenvalue weighted by Gasteiger charge is 2.09. The average molecular weight is 299 g/mol. The highest BCUT2D eigenvalue weighted by Crippen LogP contribution is 2.15. The zero-order chi connectivity index (χ0) is 15.1. The van der Waals surface area contributed by atoms with E-state index in [2.05, 4.69) is 11.4 Å². The molecule has 6 heteroatoms. The maximum absolute atomic E-state index is 13.0. The van der Waals surface area contributed by atoms with Gasteiger partial charge in [0.25, 0.3) is 0 Å². The van der Waals surface area contributed by atoms with Gasteiger partial charge in [0.1, 0.15) is 18.5 Å². The van der Waals surface area contributed by atoms with Crippen LogP contribution in [0.1, 0.15) is 6.42 Å². The molecule has 4 nitrogen and oxygen atoms in total. The number of nitrogens with one attached hydrogen (secondary N) is 1. The Labute approximate surface area is 122 Å². The molecule has 0 saturated carbocycles. The van der Waals surface area contributed by atoms with E-state index in [0.29, 0.717) is 19.7 Å². The molecule has 0 saturated heterocycles. The summed E-state index contributed by atoms with van der Waals surface area (Å²) in [6.45, 7) is 2.39. The van der Waals surface area contributed by atoms with E-state index >= 15 is 0 Å². The fraction of sp³-hybridized carbons (Fsp3) is 0.467. The first-order valence-corrected chi connectivity index (χ1v) is 6.87. The van der Waals surface area contributed by atoms with Crippen molar-refractivity contribution in [1.29, 1.82) is 0 Å². The van der Waals surface area contributed by atoms with Crippen LogP contribution in [0.4, 0.5) is 8.78 Å². The Kier molecular flexibility index (Phi) is 6.10. The molecule has 1 aromatic carbocycles. The van der Waals surface area contributed by atoms with Gasteiger partial charge in [0, 0.05) is 19.2 Å². The molecular weight excluding hydrogens is 280 g/mol. The molecule has 1 heterocycles. The SMILES string of the molecule is OC(CNCC1=CCCOC1)COc1ccc(F)c(F)c1. The minimum absolute atomic E-state index is 0.00756. The van der Waals surface area contributed by atoms with Crippen LogP contribution in [0.5, 0.6) is 5.75 Å². The number of rotatable bonds is 7. The van der Waals surface area contributed by atoms with E-state index in [0.717, 1.165) is 30.7 Å². The minimum atomic E-state index is -0.968. The maximum Gasteiger partial charge on any atom is 0.162 e. The van der Waals surface area contributed by atoms with Gasteiger partial charge >= 0.3 is 0 Å². The van der Waals surface area contributed by atoms with Crippen LogP contribution in [0.3, 0.4) is 0 Å². The lowest BCUT2D eigenvalue weighted by atomic mass is 10.2. The van der Waals surface area contributed by atoms with Crippen LogP contribution in [0.2, 0.25) is 0 Å². The van der Waals surface area contributed by atoms with Crippen molar-refractivity contribution in [2.75, 3.05) is 32.9 Å². The summed E-state index contributed by atoms with van der Waals surface area (Å²) in [4.78, 5) is 0. The fourth-order valence-electron chi connectivity index (χ4n) is 1.95. The molecule has 1 aliphatic heterocycles. The van der Waals surface area contributed by atoms with Crippen molar-refractivity contribution in [1.82, 2.24) is 5.32 Å². The average Bonchev–Trinajstić information content (AvgIpc) is 2.49. The normalized spacial score (nSPS) is 16.4. The van der Waals surface area contributed by atoms with E-state index in [9.17, 15) is 13.9 Å². The molecule has 0 fully saturated rings. The molecule has 0 aromatic heterocycles. The molecule has 2 rings (SSSR count). The first-order valence-electron chi connectivity index (χ1n) is 6.87. The molecule has 0 bridgehead atoms. The van der Waals surface area contributed by atoms with Crippen molar-refractivity contribution in [3.63, 3.8) is 0 Å². The summed E-state index contributed by atoms with van der Waals surface area (Å²) in [6.07, 6.45) is 2.31. The predicted octanol–water partition coefficient (Wildman–Crippen LogP) is 1.64. The fourth-order valence-corrected chi connectivity index (χ4v) is 1.95. The summed E-state index contributed by atoms with van der Waals surface area (Å²) in [5.74, 6) is -1.70. The van der Waals surface area contributed by atoms with Crippen molar-refractivity contribution < 1.29 is 23.4 Å². The van der Waals surface area contributed by atoms with E-state index < -0.39 is 17.7 Å². The maximum atomic E-state index is 13.0. The van der Waals surface area contributed by atoms with E-state index in [-0.39, 0.29) is 12.4 Å². The molecule has 1 unspecified atom stereocenters. The van der Waals surface area contributed by atoms with Crippen LogP contribution in [-0.2, 0) is 4.74 Å². The lowest BCUT2D eigenvalue weighted by Crippen LogP contribution is -2.33. The first kappa shape index (κ1) is 15.9. The zero-order valence-electron chi connectivity index (χ0n) is 11.6. The van der Waals surface area contributed by atoms with Crippen LogP contribution in [0.15, 0.2) is 29.8 Å². The second-order valence-electron chi connectivity index (χ2n) is 4.88. The third kappa shape index (κ3) is 5.41. The van der Waals surface area contributed by atoms with Crippen molar-refractivity contribution >= 4 is 0 Å². The summed E-state index contributed by atoms with van der Waals surface area (Å²) in [7, 11) is 0. The Hall–Kier alpha value is -1.50. The van der Waals surface area contributed by atoms with Gasteiger partial charge in [-0.25, -0.2) is 8.78 Å². The molecule has 1 atom stereocenters. The molecular formula is C15H19F2NO3. The number of aliphatic hydroxyl groups is 1.